The Balaban J connectivity index is 2.69. The van der Waals surface area contributed by atoms with Crippen molar-refractivity contribution in [3.63, 3.8) is 0 Å². The van der Waals surface area contributed by atoms with E-state index in [0.717, 1.165) is 30.0 Å². The summed E-state index contributed by atoms with van der Waals surface area (Å²) in [5, 5.41) is 3.91. The SMILES string of the molecule is CCCN(CC(=O)OC)Cc1c(C)noc1C. The number of hydrogen-bond donors (Lipinski definition) is 0. The molecule has 1 heterocycles. The average Bonchev–Trinajstić information content (AvgIpc) is 2.61. The molecule has 1 aromatic heterocycles. The Morgan fingerprint density at radius 2 is 2.18 bits per heavy atom. The van der Waals surface area contributed by atoms with Gasteiger partial charge in [0.2, 0.25) is 0 Å². The number of carbonyl (C=O) groups excluding carboxylic acids is 1. The molecule has 0 fully saturated rings. The topological polar surface area (TPSA) is 55.6 Å². The highest BCUT2D eigenvalue weighted by Crippen LogP contribution is 2.15. The van der Waals surface area contributed by atoms with Crippen LogP contribution in [0.3, 0.4) is 0 Å². The molecular formula is C12H20N2O3. The van der Waals surface area contributed by atoms with Crippen LogP contribution in [0, 0.1) is 13.8 Å². The predicted octanol–water partition coefficient (Wildman–Crippen LogP) is 1.68. The zero-order chi connectivity index (χ0) is 12.8. The van der Waals surface area contributed by atoms with Crippen LogP contribution in [0.1, 0.15) is 30.4 Å². The summed E-state index contributed by atoms with van der Waals surface area (Å²) < 4.78 is 9.80. The van der Waals surface area contributed by atoms with Crippen LogP contribution >= 0.6 is 0 Å². The molecule has 0 saturated heterocycles. The van der Waals surface area contributed by atoms with Gasteiger partial charge < -0.3 is 9.26 Å². The Morgan fingerprint density at radius 1 is 1.47 bits per heavy atom. The van der Waals surface area contributed by atoms with Crippen molar-refractivity contribution in [2.24, 2.45) is 0 Å². The van der Waals surface area contributed by atoms with Crippen LogP contribution in [0.25, 0.3) is 0 Å². The second kappa shape index (κ2) is 6.39. The third kappa shape index (κ3) is 3.85. The van der Waals surface area contributed by atoms with E-state index in [1.54, 1.807) is 0 Å². The molecule has 17 heavy (non-hydrogen) atoms. The quantitative estimate of drug-likeness (QED) is 0.708. The van der Waals surface area contributed by atoms with Gasteiger partial charge in [0.1, 0.15) is 5.76 Å². The molecule has 0 N–H and O–H groups in total. The van der Waals surface area contributed by atoms with E-state index in [1.165, 1.54) is 7.11 Å². The van der Waals surface area contributed by atoms with Crippen LogP contribution in [0.4, 0.5) is 0 Å². The number of aromatic nitrogens is 1. The lowest BCUT2D eigenvalue weighted by Gasteiger charge is -2.19. The zero-order valence-electron chi connectivity index (χ0n) is 10.9. The molecule has 0 spiro atoms. The number of methoxy groups -OCH3 is 1. The molecule has 0 aliphatic rings. The summed E-state index contributed by atoms with van der Waals surface area (Å²) in [7, 11) is 1.41. The summed E-state index contributed by atoms with van der Waals surface area (Å²) in [6, 6.07) is 0. The van der Waals surface area contributed by atoms with E-state index in [1.807, 2.05) is 18.7 Å². The summed E-state index contributed by atoms with van der Waals surface area (Å²) in [6.45, 7) is 7.70. The van der Waals surface area contributed by atoms with E-state index in [-0.39, 0.29) is 5.97 Å². The van der Waals surface area contributed by atoms with Crippen LogP contribution in [0.15, 0.2) is 4.52 Å². The standard InChI is InChI=1S/C12H20N2O3/c1-5-6-14(8-12(15)16-4)7-11-9(2)13-17-10(11)3/h5-8H2,1-4H3. The number of nitrogens with zero attached hydrogens (tertiary/aromatic N) is 2. The van der Waals surface area contributed by atoms with E-state index >= 15 is 0 Å². The summed E-state index contributed by atoms with van der Waals surface area (Å²) in [5.74, 6) is 0.596. The van der Waals surface area contributed by atoms with Gasteiger partial charge in [-0.15, -0.1) is 0 Å². The second-order valence-electron chi connectivity index (χ2n) is 4.09. The first-order chi connectivity index (χ1) is 8.08. The fraction of sp³-hybridized carbons (Fsp3) is 0.667. The van der Waals surface area contributed by atoms with Gasteiger partial charge >= 0.3 is 5.97 Å². The molecule has 0 aliphatic carbocycles. The van der Waals surface area contributed by atoms with Crippen molar-refractivity contribution >= 4 is 5.97 Å². The van der Waals surface area contributed by atoms with E-state index < -0.39 is 0 Å². The minimum absolute atomic E-state index is 0.217. The Bertz CT molecular complexity index is 354. The number of hydrogen-bond acceptors (Lipinski definition) is 5. The van der Waals surface area contributed by atoms with Gasteiger partial charge in [0.15, 0.2) is 0 Å². The van der Waals surface area contributed by atoms with Crippen molar-refractivity contribution in [1.82, 2.24) is 10.1 Å². The first-order valence-electron chi connectivity index (χ1n) is 5.79. The van der Waals surface area contributed by atoms with E-state index in [2.05, 4.69) is 16.8 Å². The zero-order valence-corrected chi connectivity index (χ0v) is 10.9. The molecule has 0 radical (unpaired) electrons. The smallest absolute Gasteiger partial charge is 0.319 e. The van der Waals surface area contributed by atoms with Gasteiger partial charge in [-0.25, -0.2) is 0 Å². The van der Waals surface area contributed by atoms with E-state index in [4.69, 9.17) is 4.52 Å². The first-order valence-corrected chi connectivity index (χ1v) is 5.79. The normalized spacial score (nSPS) is 10.9. The maximum atomic E-state index is 11.3. The van der Waals surface area contributed by atoms with Gasteiger partial charge in [-0.3, -0.25) is 9.69 Å². The molecule has 5 heteroatoms. The number of esters is 1. The maximum absolute atomic E-state index is 11.3. The first kappa shape index (κ1) is 13.7. The van der Waals surface area contributed by atoms with Gasteiger partial charge in [0.05, 0.1) is 19.3 Å². The van der Waals surface area contributed by atoms with Gasteiger partial charge in [0, 0.05) is 12.1 Å². The van der Waals surface area contributed by atoms with Gasteiger partial charge in [0.25, 0.3) is 0 Å². The largest absolute Gasteiger partial charge is 0.468 e. The molecule has 96 valence electrons. The number of rotatable bonds is 6. The highest BCUT2D eigenvalue weighted by Gasteiger charge is 2.16. The highest BCUT2D eigenvalue weighted by atomic mass is 16.5. The molecule has 0 atom stereocenters. The molecule has 0 amide bonds. The van der Waals surface area contributed by atoms with Crippen molar-refractivity contribution in [2.75, 3.05) is 20.2 Å². The van der Waals surface area contributed by atoms with Gasteiger partial charge in [-0.1, -0.05) is 12.1 Å². The maximum Gasteiger partial charge on any atom is 0.319 e. The average molecular weight is 240 g/mol. The summed E-state index contributed by atoms with van der Waals surface area (Å²) in [4.78, 5) is 13.3. The van der Waals surface area contributed by atoms with Crippen LogP contribution in [-0.4, -0.2) is 36.2 Å². The summed E-state index contributed by atoms with van der Waals surface area (Å²) >= 11 is 0. The van der Waals surface area contributed by atoms with Gasteiger partial charge in [-0.05, 0) is 26.8 Å². The second-order valence-corrected chi connectivity index (χ2v) is 4.09. The van der Waals surface area contributed by atoms with Crippen LogP contribution in [0.5, 0.6) is 0 Å². The van der Waals surface area contributed by atoms with E-state index in [0.29, 0.717) is 13.1 Å². The van der Waals surface area contributed by atoms with Gasteiger partial charge in [-0.2, -0.15) is 0 Å². The van der Waals surface area contributed by atoms with Crippen molar-refractivity contribution in [1.29, 1.82) is 0 Å². The van der Waals surface area contributed by atoms with Crippen molar-refractivity contribution < 1.29 is 14.1 Å². The molecule has 0 unspecified atom stereocenters. The monoisotopic (exact) mass is 240 g/mol. The summed E-state index contributed by atoms with van der Waals surface area (Å²) in [6.07, 6.45) is 0.986. The van der Waals surface area contributed by atoms with Crippen LogP contribution in [-0.2, 0) is 16.1 Å². The molecule has 0 aliphatic heterocycles. The molecule has 5 nitrogen and oxygen atoms in total. The van der Waals surface area contributed by atoms with Crippen LogP contribution in [0.2, 0.25) is 0 Å². The van der Waals surface area contributed by atoms with E-state index in [9.17, 15) is 4.79 Å². The Kier molecular flexibility index (Phi) is 5.15. The minimum atomic E-state index is -0.217. The molecule has 0 aromatic carbocycles. The number of aryl methyl sites for hydroxylation is 2. The van der Waals surface area contributed by atoms with Crippen molar-refractivity contribution in [2.45, 2.75) is 33.7 Å². The number of carbonyl (C=O) groups is 1. The third-order valence-corrected chi connectivity index (χ3v) is 2.68. The molecule has 1 rings (SSSR count). The highest BCUT2D eigenvalue weighted by molar-refractivity contribution is 5.71. The van der Waals surface area contributed by atoms with Crippen LogP contribution < -0.4 is 0 Å². The van der Waals surface area contributed by atoms with Crippen molar-refractivity contribution in [3.05, 3.63) is 17.0 Å². The fourth-order valence-electron chi connectivity index (χ4n) is 1.73. The lowest BCUT2D eigenvalue weighted by Crippen LogP contribution is -2.31. The minimum Gasteiger partial charge on any atom is -0.468 e. The fourth-order valence-corrected chi connectivity index (χ4v) is 1.73. The predicted molar refractivity (Wildman–Crippen MR) is 63.6 cm³/mol. The Morgan fingerprint density at radius 3 is 2.65 bits per heavy atom. The molecule has 1 aromatic rings. The third-order valence-electron chi connectivity index (χ3n) is 2.68. The Labute approximate surface area is 102 Å². The number of ether oxygens (including phenoxy) is 1. The Hall–Kier alpha value is -1.36. The molecule has 0 saturated carbocycles. The van der Waals surface area contributed by atoms with Crippen molar-refractivity contribution in [3.8, 4) is 0 Å². The molecule has 0 bridgehead atoms. The summed E-state index contributed by atoms with van der Waals surface area (Å²) in [5.41, 5.74) is 1.94. The lowest BCUT2D eigenvalue weighted by molar-refractivity contribution is -0.142. The lowest BCUT2D eigenvalue weighted by atomic mass is 10.2. The molecular weight excluding hydrogens is 220 g/mol.